The van der Waals surface area contributed by atoms with Gasteiger partial charge in [-0.15, -0.1) is 0 Å². The average molecular weight is 350 g/mol. The summed E-state index contributed by atoms with van der Waals surface area (Å²) in [5.41, 5.74) is 3.80. The number of guanidine groups is 1. The average Bonchev–Trinajstić information content (AvgIpc) is 3.22. The maximum absolute atomic E-state index is 11.9. The normalized spacial score (nSPS) is 21.3. The Morgan fingerprint density at radius 1 is 1.15 bits per heavy atom. The zero-order valence-electron chi connectivity index (χ0n) is 14.2. The summed E-state index contributed by atoms with van der Waals surface area (Å²) in [6.45, 7) is 2.57. The highest BCUT2D eigenvalue weighted by molar-refractivity contribution is 6.15. The summed E-state index contributed by atoms with van der Waals surface area (Å²) in [5, 5.41) is 19.6. The molecule has 0 spiro atoms. The first kappa shape index (κ1) is 16.4. The lowest BCUT2D eigenvalue weighted by molar-refractivity contribution is 0.0705. The number of hydroxylamine groups is 1. The first-order valence-electron chi connectivity index (χ1n) is 8.26. The summed E-state index contributed by atoms with van der Waals surface area (Å²) in [7, 11) is 0. The zero-order chi connectivity index (χ0) is 18.3. The minimum Gasteiger partial charge on any atom is -0.364 e. The maximum Gasteiger partial charge on any atom is 0.274 e. The van der Waals surface area contributed by atoms with Gasteiger partial charge in [0.25, 0.3) is 5.91 Å². The number of nitrogens with zero attached hydrogens (tertiary/aromatic N) is 3. The second-order valence-electron chi connectivity index (χ2n) is 6.50. The van der Waals surface area contributed by atoms with Gasteiger partial charge in [0.05, 0.1) is 0 Å². The third-order valence-electron chi connectivity index (χ3n) is 4.64. The Labute approximate surface area is 150 Å². The third-order valence-corrected chi connectivity index (χ3v) is 4.64. The Morgan fingerprint density at radius 2 is 1.92 bits per heavy atom. The Hall–Kier alpha value is -3.03. The van der Waals surface area contributed by atoms with Gasteiger partial charge < -0.3 is 10.0 Å². The molecule has 2 aliphatic heterocycles. The number of carbonyl (C=O) groups is 1. The van der Waals surface area contributed by atoms with Crippen LogP contribution >= 0.6 is 0 Å². The molecular formula is C19H18N4O3. The van der Waals surface area contributed by atoms with E-state index < -0.39 is 11.6 Å². The number of aliphatic hydroxyl groups is 1. The summed E-state index contributed by atoms with van der Waals surface area (Å²) >= 11 is 0. The van der Waals surface area contributed by atoms with Gasteiger partial charge in [0.15, 0.2) is 0 Å². The molecule has 26 heavy (non-hydrogen) atoms. The molecule has 7 heteroatoms. The van der Waals surface area contributed by atoms with E-state index >= 15 is 0 Å². The number of amides is 1. The lowest BCUT2D eigenvalue weighted by Crippen LogP contribution is -2.31. The van der Waals surface area contributed by atoms with Crippen LogP contribution in [0.5, 0.6) is 0 Å². The van der Waals surface area contributed by atoms with Crippen LogP contribution in [0.3, 0.4) is 0 Å². The van der Waals surface area contributed by atoms with Gasteiger partial charge in [-0.2, -0.15) is 0 Å². The van der Waals surface area contributed by atoms with E-state index in [0.29, 0.717) is 30.3 Å². The number of aliphatic imine (C=N–C) groups is 2. The van der Waals surface area contributed by atoms with Gasteiger partial charge in [-0.05, 0) is 24.1 Å². The van der Waals surface area contributed by atoms with E-state index in [9.17, 15) is 9.90 Å². The Morgan fingerprint density at radius 3 is 2.65 bits per heavy atom. The van der Waals surface area contributed by atoms with E-state index in [1.165, 1.54) is 0 Å². The highest BCUT2D eigenvalue weighted by atomic mass is 16.5. The summed E-state index contributed by atoms with van der Waals surface area (Å²) in [6, 6.07) is 14.8. The van der Waals surface area contributed by atoms with Crippen LogP contribution in [0.15, 0.2) is 58.5 Å². The van der Waals surface area contributed by atoms with Gasteiger partial charge in [-0.1, -0.05) is 42.5 Å². The monoisotopic (exact) mass is 350 g/mol. The molecule has 0 saturated heterocycles. The first-order valence-corrected chi connectivity index (χ1v) is 8.26. The second-order valence-corrected chi connectivity index (χ2v) is 6.50. The largest absolute Gasteiger partial charge is 0.364 e. The zero-order valence-corrected chi connectivity index (χ0v) is 14.2. The van der Waals surface area contributed by atoms with Crippen molar-refractivity contribution in [3.05, 3.63) is 70.8 Å². The number of nitrogens with one attached hydrogen (secondary N) is 1. The molecule has 0 aliphatic carbocycles. The molecule has 2 aromatic rings. The van der Waals surface area contributed by atoms with Crippen molar-refractivity contribution in [3.63, 3.8) is 0 Å². The quantitative estimate of drug-likeness (QED) is 0.567. The number of benzene rings is 2. The van der Waals surface area contributed by atoms with Crippen molar-refractivity contribution < 1.29 is 15.1 Å². The number of hydrogen-bond donors (Lipinski definition) is 3. The summed E-state index contributed by atoms with van der Waals surface area (Å²) in [5.74, 6) is -0.113. The van der Waals surface area contributed by atoms with Crippen molar-refractivity contribution in [2.24, 2.45) is 9.98 Å². The van der Waals surface area contributed by atoms with Crippen LogP contribution in [-0.2, 0) is 13.1 Å². The molecule has 2 aliphatic rings. The molecule has 7 nitrogen and oxygen atoms in total. The van der Waals surface area contributed by atoms with Gasteiger partial charge >= 0.3 is 0 Å². The smallest absolute Gasteiger partial charge is 0.274 e. The molecule has 2 heterocycles. The van der Waals surface area contributed by atoms with Crippen LogP contribution in [0.1, 0.15) is 34.0 Å². The van der Waals surface area contributed by atoms with Crippen LogP contribution in [0.4, 0.5) is 0 Å². The fourth-order valence-electron chi connectivity index (χ4n) is 3.39. The first-order chi connectivity index (χ1) is 12.5. The Bertz CT molecular complexity index is 935. The topological polar surface area (TPSA) is 97.5 Å². The predicted molar refractivity (Wildman–Crippen MR) is 96.0 cm³/mol. The summed E-state index contributed by atoms with van der Waals surface area (Å²) < 4.78 is 0. The van der Waals surface area contributed by atoms with Gasteiger partial charge in [0.1, 0.15) is 5.71 Å². The van der Waals surface area contributed by atoms with Crippen LogP contribution < -0.4 is 5.48 Å². The Balaban J connectivity index is 1.66. The van der Waals surface area contributed by atoms with Gasteiger partial charge in [-0.3, -0.25) is 10.0 Å². The lowest BCUT2D eigenvalue weighted by atomic mass is 10.0. The molecule has 1 unspecified atom stereocenters. The molecule has 2 aromatic carbocycles. The fourth-order valence-corrected chi connectivity index (χ4v) is 3.39. The van der Waals surface area contributed by atoms with Crippen molar-refractivity contribution in [3.8, 4) is 0 Å². The van der Waals surface area contributed by atoms with Crippen LogP contribution in [-0.4, -0.2) is 38.5 Å². The molecule has 1 amide bonds. The number of fused-ring (bicyclic) bond motifs is 1. The summed E-state index contributed by atoms with van der Waals surface area (Å²) in [6.07, 6.45) is 0. The van der Waals surface area contributed by atoms with Crippen molar-refractivity contribution >= 4 is 17.6 Å². The number of rotatable bonds is 2. The Kier molecular flexibility index (Phi) is 3.82. The number of hydrogen-bond acceptors (Lipinski definition) is 6. The molecule has 0 saturated carbocycles. The van der Waals surface area contributed by atoms with Gasteiger partial charge in [0.2, 0.25) is 11.7 Å². The van der Waals surface area contributed by atoms with E-state index in [1.54, 1.807) is 24.5 Å². The maximum atomic E-state index is 11.9. The minimum atomic E-state index is -1.41. The van der Waals surface area contributed by atoms with E-state index in [0.717, 1.165) is 16.7 Å². The molecule has 0 radical (unpaired) electrons. The molecule has 0 fully saturated rings. The summed E-state index contributed by atoms with van der Waals surface area (Å²) in [4.78, 5) is 22.7. The van der Waals surface area contributed by atoms with Crippen molar-refractivity contribution in [2.75, 3.05) is 0 Å². The predicted octanol–water partition coefficient (Wildman–Crippen LogP) is 1.69. The highest BCUT2D eigenvalue weighted by Gasteiger charge is 2.37. The minimum absolute atomic E-state index is 0.421. The van der Waals surface area contributed by atoms with E-state index in [1.807, 2.05) is 41.3 Å². The van der Waals surface area contributed by atoms with Crippen LogP contribution in [0, 0.1) is 0 Å². The van der Waals surface area contributed by atoms with Crippen LogP contribution in [0.2, 0.25) is 0 Å². The van der Waals surface area contributed by atoms with Crippen LogP contribution in [0.25, 0.3) is 0 Å². The molecular weight excluding hydrogens is 332 g/mol. The highest BCUT2D eigenvalue weighted by Crippen LogP contribution is 2.30. The molecule has 0 bridgehead atoms. The van der Waals surface area contributed by atoms with Gasteiger partial charge in [-0.25, -0.2) is 15.5 Å². The lowest BCUT2D eigenvalue weighted by Gasteiger charge is -2.16. The van der Waals surface area contributed by atoms with Crippen molar-refractivity contribution in [1.82, 2.24) is 10.4 Å². The van der Waals surface area contributed by atoms with E-state index in [-0.39, 0.29) is 0 Å². The number of carbonyl (C=O) groups excluding carboxylic acids is 1. The molecule has 3 N–H and O–H groups in total. The second kappa shape index (κ2) is 6.05. The standard InChI is InChI=1S/C19H18N4O3/c1-19(25)16(12-6-3-2-4-7-12)20-18(21-19)23-10-13-8-5-9-14(15(13)11-23)17(24)22-26/h2-9,25-26H,10-11H2,1H3,(H,22,24). The van der Waals surface area contributed by atoms with Crippen molar-refractivity contribution in [2.45, 2.75) is 25.7 Å². The molecule has 1 atom stereocenters. The fraction of sp³-hybridized carbons (Fsp3) is 0.211. The molecule has 0 aromatic heterocycles. The third kappa shape index (κ3) is 2.67. The van der Waals surface area contributed by atoms with E-state index in [4.69, 9.17) is 5.21 Å². The van der Waals surface area contributed by atoms with Gasteiger partial charge in [0, 0.05) is 24.2 Å². The SMILES string of the molecule is CC1(O)N=C(N2Cc3cccc(C(=O)NO)c3C2)N=C1c1ccccc1. The van der Waals surface area contributed by atoms with E-state index in [2.05, 4.69) is 9.98 Å². The molecule has 4 rings (SSSR count). The molecule has 132 valence electrons. The van der Waals surface area contributed by atoms with Crippen molar-refractivity contribution in [1.29, 1.82) is 0 Å².